The Kier molecular flexibility index (Phi) is 3.19. The summed E-state index contributed by atoms with van der Waals surface area (Å²) in [4.78, 5) is 16.8. The molecule has 88 valence electrons. The lowest BCUT2D eigenvalue weighted by Crippen LogP contribution is -2.21. The molecule has 1 unspecified atom stereocenters. The van der Waals surface area contributed by atoms with E-state index in [0.29, 0.717) is 18.3 Å². The molecule has 16 heavy (non-hydrogen) atoms. The van der Waals surface area contributed by atoms with Gasteiger partial charge in [-0.25, -0.2) is 0 Å². The van der Waals surface area contributed by atoms with E-state index in [4.69, 9.17) is 9.63 Å². The first kappa shape index (κ1) is 11.1. The van der Waals surface area contributed by atoms with Crippen LogP contribution in [0, 0.1) is 12.8 Å². The maximum absolute atomic E-state index is 10.6. The van der Waals surface area contributed by atoms with E-state index < -0.39 is 5.97 Å². The maximum atomic E-state index is 10.6. The summed E-state index contributed by atoms with van der Waals surface area (Å²) >= 11 is 0. The molecule has 0 radical (unpaired) electrons. The number of carbonyl (C=O) groups is 1. The lowest BCUT2D eigenvalue weighted by atomic mass is 10.1. The van der Waals surface area contributed by atoms with Crippen LogP contribution in [0.25, 0.3) is 0 Å². The van der Waals surface area contributed by atoms with Crippen LogP contribution < -0.4 is 0 Å². The Morgan fingerprint density at radius 3 is 3.12 bits per heavy atom. The van der Waals surface area contributed by atoms with Gasteiger partial charge >= 0.3 is 5.97 Å². The number of carboxylic acid groups (broad SMARTS) is 1. The second-order valence-corrected chi connectivity index (χ2v) is 4.22. The van der Waals surface area contributed by atoms with Crippen LogP contribution in [-0.4, -0.2) is 39.2 Å². The first-order chi connectivity index (χ1) is 7.63. The number of aromatic nitrogens is 2. The van der Waals surface area contributed by atoms with Crippen LogP contribution in [0.4, 0.5) is 0 Å². The normalized spacial score (nSPS) is 21.4. The molecule has 1 fully saturated rings. The smallest absolute Gasteiger partial charge is 0.303 e. The predicted octanol–water partition coefficient (Wildman–Crippen LogP) is 0.675. The third-order valence-corrected chi connectivity index (χ3v) is 2.76. The number of hydrogen-bond acceptors (Lipinski definition) is 5. The van der Waals surface area contributed by atoms with Gasteiger partial charge in [0.25, 0.3) is 0 Å². The Morgan fingerprint density at radius 1 is 1.69 bits per heavy atom. The molecular weight excluding hydrogens is 210 g/mol. The lowest BCUT2D eigenvalue weighted by molar-refractivity contribution is -0.138. The van der Waals surface area contributed by atoms with Crippen LogP contribution >= 0.6 is 0 Å². The van der Waals surface area contributed by atoms with Crippen molar-refractivity contribution in [2.45, 2.75) is 26.3 Å². The molecular formula is C10H15N3O3. The molecule has 0 amide bonds. The Hall–Kier alpha value is -1.43. The SMILES string of the molecule is Cc1noc(CN2CCC(CC(=O)O)C2)n1. The fourth-order valence-electron chi connectivity index (χ4n) is 2.07. The van der Waals surface area contributed by atoms with Gasteiger partial charge in [-0.3, -0.25) is 9.69 Å². The summed E-state index contributed by atoms with van der Waals surface area (Å²) in [5.74, 6) is 0.770. The highest BCUT2D eigenvalue weighted by Gasteiger charge is 2.25. The Bertz CT molecular complexity index is 377. The summed E-state index contributed by atoms with van der Waals surface area (Å²) in [5, 5.41) is 12.4. The van der Waals surface area contributed by atoms with Crippen LogP contribution in [0.15, 0.2) is 4.52 Å². The molecule has 6 nitrogen and oxygen atoms in total. The summed E-state index contributed by atoms with van der Waals surface area (Å²) in [6.07, 6.45) is 1.18. The molecule has 1 aliphatic heterocycles. The second-order valence-electron chi connectivity index (χ2n) is 4.22. The molecule has 2 rings (SSSR count). The minimum Gasteiger partial charge on any atom is -0.481 e. The van der Waals surface area contributed by atoms with Crippen molar-refractivity contribution in [2.75, 3.05) is 13.1 Å². The Morgan fingerprint density at radius 2 is 2.50 bits per heavy atom. The van der Waals surface area contributed by atoms with Crippen LogP contribution in [-0.2, 0) is 11.3 Å². The van der Waals surface area contributed by atoms with E-state index in [1.54, 1.807) is 6.92 Å². The maximum Gasteiger partial charge on any atom is 0.303 e. The molecule has 0 saturated carbocycles. The van der Waals surface area contributed by atoms with E-state index >= 15 is 0 Å². The highest BCUT2D eigenvalue weighted by atomic mass is 16.5. The quantitative estimate of drug-likeness (QED) is 0.811. The molecule has 0 bridgehead atoms. The summed E-state index contributed by atoms with van der Waals surface area (Å²) < 4.78 is 5.02. The number of hydrogen-bond donors (Lipinski definition) is 1. The first-order valence-corrected chi connectivity index (χ1v) is 5.37. The van der Waals surface area contributed by atoms with Gasteiger partial charge in [0, 0.05) is 13.0 Å². The van der Waals surface area contributed by atoms with Crippen molar-refractivity contribution in [3.05, 3.63) is 11.7 Å². The van der Waals surface area contributed by atoms with Crippen molar-refractivity contribution in [3.63, 3.8) is 0 Å². The average molecular weight is 225 g/mol. The Balaban J connectivity index is 1.82. The van der Waals surface area contributed by atoms with E-state index in [1.165, 1.54) is 0 Å². The lowest BCUT2D eigenvalue weighted by Gasteiger charge is -2.12. The zero-order valence-corrected chi connectivity index (χ0v) is 9.22. The second kappa shape index (κ2) is 4.61. The molecule has 0 aromatic carbocycles. The van der Waals surface area contributed by atoms with Crippen LogP contribution in [0.2, 0.25) is 0 Å². The van der Waals surface area contributed by atoms with Gasteiger partial charge in [0.1, 0.15) is 0 Å². The van der Waals surface area contributed by atoms with Gasteiger partial charge in [0.15, 0.2) is 5.82 Å². The molecule has 1 aliphatic rings. The summed E-state index contributed by atoms with van der Waals surface area (Å²) in [5.41, 5.74) is 0. The highest BCUT2D eigenvalue weighted by molar-refractivity contribution is 5.67. The summed E-state index contributed by atoms with van der Waals surface area (Å²) in [7, 11) is 0. The first-order valence-electron chi connectivity index (χ1n) is 5.37. The molecule has 1 aromatic rings. The van der Waals surface area contributed by atoms with Gasteiger partial charge in [-0.2, -0.15) is 4.98 Å². The van der Waals surface area contributed by atoms with Crippen LogP contribution in [0.3, 0.4) is 0 Å². The fraction of sp³-hybridized carbons (Fsp3) is 0.700. The Labute approximate surface area is 93.2 Å². The molecule has 0 aliphatic carbocycles. The fourth-order valence-corrected chi connectivity index (χ4v) is 2.07. The minimum atomic E-state index is -0.722. The van der Waals surface area contributed by atoms with E-state index in [2.05, 4.69) is 15.0 Å². The number of rotatable bonds is 4. The molecule has 1 N–H and O–H groups in total. The van der Waals surface area contributed by atoms with Crippen molar-refractivity contribution < 1.29 is 14.4 Å². The standard InChI is InChI=1S/C10H15N3O3/c1-7-11-9(16-12-7)6-13-3-2-8(5-13)4-10(14)15/h8H,2-6H2,1H3,(H,14,15). The monoisotopic (exact) mass is 225 g/mol. The number of aryl methyl sites for hydroxylation is 1. The number of carboxylic acids is 1. The van der Waals surface area contributed by atoms with Gasteiger partial charge < -0.3 is 9.63 Å². The zero-order chi connectivity index (χ0) is 11.5. The topological polar surface area (TPSA) is 79.5 Å². The highest BCUT2D eigenvalue weighted by Crippen LogP contribution is 2.20. The average Bonchev–Trinajstić information content (AvgIpc) is 2.76. The van der Waals surface area contributed by atoms with Crippen LogP contribution in [0.5, 0.6) is 0 Å². The summed E-state index contributed by atoms with van der Waals surface area (Å²) in [6.45, 7) is 4.11. The molecule has 0 spiro atoms. The van der Waals surface area contributed by atoms with Crippen LogP contribution in [0.1, 0.15) is 24.6 Å². The van der Waals surface area contributed by atoms with Gasteiger partial charge in [-0.1, -0.05) is 5.16 Å². The van der Waals surface area contributed by atoms with Gasteiger partial charge in [0.2, 0.25) is 5.89 Å². The van der Waals surface area contributed by atoms with E-state index in [9.17, 15) is 4.79 Å². The van der Waals surface area contributed by atoms with Crippen molar-refractivity contribution in [2.24, 2.45) is 5.92 Å². The molecule has 6 heteroatoms. The zero-order valence-electron chi connectivity index (χ0n) is 9.22. The predicted molar refractivity (Wildman–Crippen MR) is 54.7 cm³/mol. The van der Waals surface area contributed by atoms with E-state index in [1.807, 2.05) is 0 Å². The third-order valence-electron chi connectivity index (χ3n) is 2.76. The van der Waals surface area contributed by atoms with Crippen molar-refractivity contribution >= 4 is 5.97 Å². The van der Waals surface area contributed by atoms with Gasteiger partial charge in [0.05, 0.1) is 6.54 Å². The number of aliphatic carboxylic acids is 1. The molecule has 2 heterocycles. The third kappa shape index (κ3) is 2.79. The largest absolute Gasteiger partial charge is 0.481 e. The van der Waals surface area contributed by atoms with Crippen molar-refractivity contribution in [1.29, 1.82) is 0 Å². The van der Waals surface area contributed by atoms with Gasteiger partial charge in [-0.05, 0) is 25.8 Å². The molecule has 1 saturated heterocycles. The van der Waals surface area contributed by atoms with E-state index in [-0.39, 0.29) is 12.3 Å². The number of likely N-dealkylation sites (tertiary alicyclic amines) is 1. The summed E-state index contributed by atoms with van der Waals surface area (Å²) in [6, 6.07) is 0. The minimum absolute atomic E-state index is 0.249. The van der Waals surface area contributed by atoms with Crippen molar-refractivity contribution in [1.82, 2.24) is 15.0 Å². The number of nitrogens with zero attached hydrogens (tertiary/aromatic N) is 3. The van der Waals surface area contributed by atoms with Crippen molar-refractivity contribution in [3.8, 4) is 0 Å². The molecule has 1 aromatic heterocycles. The molecule has 1 atom stereocenters. The van der Waals surface area contributed by atoms with E-state index in [0.717, 1.165) is 19.5 Å². The van der Waals surface area contributed by atoms with Gasteiger partial charge in [-0.15, -0.1) is 0 Å².